The van der Waals surface area contributed by atoms with Crippen molar-refractivity contribution in [1.82, 2.24) is 0 Å². The fourth-order valence-corrected chi connectivity index (χ4v) is 1.55. The van der Waals surface area contributed by atoms with Crippen molar-refractivity contribution in [1.29, 1.82) is 0 Å². The highest BCUT2D eigenvalue weighted by Crippen LogP contribution is 2.32. The molecule has 0 bridgehead atoms. The van der Waals surface area contributed by atoms with Gasteiger partial charge in [0, 0.05) is 0 Å². The molecular formula is C6H14S3. The number of thiol groups is 3. The standard InChI is InChI=1S/C6H14S3/c1-3-5(2)4-6(7,8)9/h5,7-9H,3-4H2,1-2H3. The van der Waals surface area contributed by atoms with Crippen LogP contribution in [-0.4, -0.2) is 3.41 Å². The van der Waals surface area contributed by atoms with Gasteiger partial charge in [0.25, 0.3) is 0 Å². The second-order valence-electron chi connectivity index (χ2n) is 2.49. The largest absolute Gasteiger partial charge is 0.151 e. The Hall–Kier alpha value is 1.05. The number of hydrogen-bond donors (Lipinski definition) is 3. The van der Waals surface area contributed by atoms with E-state index in [-0.39, 0.29) is 0 Å². The van der Waals surface area contributed by atoms with Gasteiger partial charge in [-0.25, -0.2) is 0 Å². The summed E-state index contributed by atoms with van der Waals surface area (Å²) in [6.07, 6.45) is 2.11. The minimum atomic E-state index is -0.393. The molecule has 0 N–H and O–H groups in total. The molecule has 0 radical (unpaired) electrons. The molecule has 1 atom stereocenters. The highest BCUT2D eigenvalue weighted by Gasteiger charge is 2.16. The fourth-order valence-electron chi connectivity index (χ4n) is 0.612. The van der Waals surface area contributed by atoms with E-state index in [9.17, 15) is 0 Å². The second kappa shape index (κ2) is 4.04. The van der Waals surface area contributed by atoms with Crippen LogP contribution in [0.3, 0.4) is 0 Å². The van der Waals surface area contributed by atoms with Gasteiger partial charge in [0.15, 0.2) is 0 Å². The monoisotopic (exact) mass is 182 g/mol. The summed E-state index contributed by atoms with van der Waals surface area (Å²) in [5.74, 6) is 0.664. The second-order valence-corrected chi connectivity index (χ2v) is 5.84. The van der Waals surface area contributed by atoms with E-state index in [1.807, 2.05) is 0 Å². The predicted molar refractivity (Wildman–Crippen MR) is 53.8 cm³/mol. The van der Waals surface area contributed by atoms with Crippen LogP contribution >= 0.6 is 37.9 Å². The quantitative estimate of drug-likeness (QED) is 0.434. The third-order valence-electron chi connectivity index (χ3n) is 1.32. The lowest BCUT2D eigenvalue weighted by Gasteiger charge is -2.18. The van der Waals surface area contributed by atoms with Crippen molar-refractivity contribution in [2.45, 2.75) is 30.1 Å². The highest BCUT2D eigenvalue weighted by molar-refractivity contribution is 8.16. The van der Waals surface area contributed by atoms with Crippen molar-refractivity contribution in [3.05, 3.63) is 0 Å². The average molecular weight is 182 g/mol. The summed E-state index contributed by atoms with van der Waals surface area (Å²) >= 11 is 12.5. The highest BCUT2D eigenvalue weighted by atomic mass is 32.2. The summed E-state index contributed by atoms with van der Waals surface area (Å²) in [5, 5.41) is 0. The van der Waals surface area contributed by atoms with Crippen LogP contribution in [0.1, 0.15) is 26.7 Å². The number of rotatable bonds is 3. The Labute approximate surface area is 74.0 Å². The van der Waals surface area contributed by atoms with Crippen LogP contribution in [0.5, 0.6) is 0 Å². The van der Waals surface area contributed by atoms with E-state index in [2.05, 4.69) is 51.7 Å². The molecule has 56 valence electrons. The Morgan fingerprint density at radius 2 is 1.78 bits per heavy atom. The molecule has 0 aliphatic carbocycles. The first-order valence-electron chi connectivity index (χ1n) is 3.13. The summed E-state index contributed by atoms with van der Waals surface area (Å²) in [4.78, 5) is 0. The molecule has 0 spiro atoms. The maximum Gasteiger partial charge on any atom is 0.0983 e. The van der Waals surface area contributed by atoms with E-state index in [1.165, 1.54) is 6.42 Å². The Balaban J connectivity index is 3.47. The molecule has 0 amide bonds. The summed E-state index contributed by atoms with van der Waals surface area (Å²) < 4.78 is -0.393. The normalized spacial score (nSPS) is 15.7. The maximum absolute atomic E-state index is 4.18. The molecule has 0 aliphatic heterocycles. The van der Waals surface area contributed by atoms with Gasteiger partial charge in [-0.1, -0.05) is 20.3 Å². The predicted octanol–water partition coefficient (Wildman–Crippen LogP) is 2.87. The van der Waals surface area contributed by atoms with Crippen LogP contribution in [0.2, 0.25) is 0 Å². The zero-order chi connectivity index (χ0) is 7.49. The van der Waals surface area contributed by atoms with Crippen LogP contribution < -0.4 is 0 Å². The van der Waals surface area contributed by atoms with Gasteiger partial charge in [-0.2, -0.15) is 37.9 Å². The number of hydrogen-bond acceptors (Lipinski definition) is 3. The molecule has 0 aromatic rings. The van der Waals surface area contributed by atoms with E-state index in [4.69, 9.17) is 0 Å². The smallest absolute Gasteiger partial charge is 0.0983 e. The SMILES string of the molecule is CCC(C)CC(S)(S)S. The van der Waals surface area contributed by atoms with Crippen molar-refractivity contribution in [2.24, 2.45) is 5.92 Å². The van der Waals surface area contributed by atoms with E-state index in [0.29, 0.717) is 5.92 Å². The Morgan fingerprint density at radius 1 is 1.33 bits per heavy atom. The molecule has 0 aromatic heterocycles. The molecule has 1 unspecified atom stereocenters. The topological polar surface area (TPSA) is 0 Å². The molecule has 0 nitrogen and oxygen atoms in total. The lowest BCUT2D eigenvalue weighted by Crippen LogP contribution is -2.08. The summed E-state index contributed by atoms with van der Waals surface area (Å²) in [7, 11) is 0. The lowest BCUT2D eigenvalue weighted by molar-refractivity contribution is 0.533. The van der Waals surface area contributed by atoms with Crippen LogP contribution in [0.4, 0.5) is 0 Å². The third kappa shape index (κ3) is 6.94. The molecule has 0 aromatic carbocycles. The fraction of sp³-hybridized carbons (Fsp3) is 1.00. The Kier molecular flexibility index (Phi) is 4.51. The molecule has 9 heavy (non-hydrogen) atoms. The van der Waals surface area contributed by atoms with Crippen molar-refractivity contribution in [2.75, 3.05) is 0 Å². The van der Waals surface area contributed by atoms with Gasteiger partial charge in [-0.3, -0.25) is 0 Å². The van der Waals surface area contributed by atoms with Crippen LogP contribution in [0, 0.1) is 5.92 Å². The molecule has 0 aliphatic rings. The minimum Gasteiger partial charge on any atom is -0.151 e. The van der Waals surface area contributed by atoms with Gasteiger partial charge in [0.05, 0.1) is 3.41 Å². The molecule has 0 rings (SSSR count). The van der Waals surface area contributed by atoms with Gasteiger partial charge < -0.3 is 0 Å². The molecule has 0 saturated heterocycles. The van der Waals surface area contributed by atoms with Gasteiger partial charge in [0.1, 0.15) is 0 Å². The Bertz CT molecular complexity index is 74.9. The van der Waals surface area contributed by atoms with Crippen LogP contribution in [0.15, 0.2) is 0 Å². The van der Waals surface area contributed by atoms with Gasteiger partial charge in [-0.15, -0.1) is 0 Å². The van der Waals surface area contributed by atoms with Crippen molar-refractivity contribution >= 4 is 37.9 Å². The Morgan fingerprint density at radius 3 is 1.89 bits per heavy atom. The first kappa shape index (κ1) is 10.0. The summed E-state index contributed by atoms with van der Waals surface area (Å²) in [5.41, 5.74) is 0. The average Bonchev–Trinajstić information content (AvgIpc) is 1.62. The van der Waals surface area contributed by atoms with E-state index >= 15 is 0 Å². The van der Waals surface area contributed by atoms with E-state index in [0.717, 1.165) is 6.42 Å². The molecular weight excluding hydrogens is 168 g/mol. The molecule has 3 heteroatoms. The molecule has 0 heterocycles. The summed E-state index contributed by atoms with van der Waals surface area (Å²) in [6.45, 7) is 4.34. The van der Waals surface area contributed by atoms with Crippen molar-refractivity contribution in [3.8, 4) is 0 Å². The van der Waals surface area contributed by atoms with Crippen LogP contribution in [0.25, 0.3) is 0 Å². The van der Waals surface area contributed by atoms with Gasteiger partial charge in [0.2, 0.25) is 0 Å². The third-order valence-corrected chi connectivity index (χ3v) is 1.87. The van der Waals surface area contributed by atoms with Crippen LogP contribution in [-0.2, 0) is 0 Å². The first-order valence-corrected chi connectivity index (χ1v) is 4.47. The van der Waals surface area contributed by atoms with Gasteiger partial charge in [-0.05, 0) is 12.3 Å². The van der Waals surface area contributed by atoms with Gasteiger partial charge >= 0.3 is 0 Å². The minimum absolute atomic E-state index is 0.393. The van der Waals surface area contributed by atoms with E-state index in [1.54, 1.807) is 0 Å². The molecule has 0 saturated carbocycles. The zero-order valence-corrected chi connectivity index (χ0v) is 8.52. The van der Waals surface area contributed by atoms with E-state index < -0.39 is 3.41 Å². The first-order chi connectivity index (χ1) is 3.95. The van der Waals surface area contributed by atoms with Crippen molar-refractivity contribution < 1.29 is 0 Å². The summed E-state index contributed by atoms with van der Waals surface area (Å²) in [6, 6.07) is 0. The molecule has 0 fully saturated rings. The lowest BCUT2D eigenvalue weighted by atomic mass is 10.1. The maximum atomic E-state index is 4.18. The zero-order valence-electron chi connectivity index (χ0n) is 5.83. The van der Waals surface area contributed by atoms with Crippen molar-refractivity contribution in [3.63, 3.8) is 0 Å².